The third kappa shape index (κ3) is 2.41. The van der Waals surface area contributed by atoms with Crippen LogP contribution in [0.3, 0.4) is 0 Å². The molecule has 1 N–H and O–H groups in total. The third-order valence-corrected chi connectivity index (χ3v) is 4.04. The van der Waals surface area contributed by atoms with Gasteiger partial charge in [-0.15, -0.1) is 0 Å². The largest absolute Gasteiger partial charge is 0.389 e. The van der Waals surface area contributed by atoms with Gasteiger partial charge in [-0.2, -0.15) is 0 Å². The van der Waals surface area contributed by atoms with Crippen LogP contribution >= 0.6 is 0 Å². The summed E-state index contributed by atoms with van der Waals surface area (Å²) in [5.74, 6) is 1.00. The zero-order valence-electron chi connectivity index (χ0n) is 12.0. The summed E-state index contributed by atoms with van der Waals surface area (Å²) in [6.07, 6.45) is 2.41. The molecule has 0 saturated carbocycles. The van der Waals surface area contributed by atoms with Crippen LogP contribution in [0.2, 0.25) is 0 Å². The summed E-state index contributed by atoms with van der Waals surface area (Å²) < 4.78 is 0. The molecule has 1 atom stereocenters. The molecule has 0 spiro atoms. The molecule has 0 radical (unpaired) electrons. The SMILES string of the molecule is Cc1cc(N2CCc3ccccc3C2)ncc1[C@@H](C)O. The van der Waals surface area contributed by atoms with Gasteiger partial charge in [-0.05, 0) is 43.0 Å². The number of aliphatic hydroxyl groups excluding tert-OH is 1. The van der Waals surface area contributed by atoms with Crippen LogP contribution in [0.15, 0.2) is 36.5 Å². The molecular weight excluding hydrogens is 248 g/mol. The van der Waals surface area contributed by atoms with Crippen molar-refractivity contribution in [3.8, 4) is 0 Å². The number of rotatable bonds is 2. The maximum absolute atomic E-state index is 9.68. The molecular formula is C17H20N2O. The minimum absolute atomic E-state index is 0.460. The lowest BCUT2D eigenvalue weighted by atomic mass is 9.99. The quantitative estimate of drug-likeness (QED) is 0.909. The predicted octanol–water partition coefficient (Wildman–Crippen LogP) is 3.01. The van der Waals surface area contributed by atoms with E-state index in [0.717, 1.165) is 36.5 Å². The second-order valence-corrected chi connectivity index (χ2v) is 5.52. The lowest BCUT2D eigenvalue weighted by Gasteiger charge is -2.30. The van der Waals surface area contributed by atoms with Crippen LogP contribution in [0.25, 0.3) is 0 Å². The van der Waals surface area contributed by atoms with Gasteiger partial charge in [-0.25, -0.2) is 4.98 Å². The fourth-order valence-corrected chi connectivity index (χ4v) is 2.85. The average molecular weight is 268 g/mol. The molecule has 2 aromatic rings. The fourth-order valence-electron chi connectivity index (χ4n) is 2.85. The van der Waals surface area contributed by atoms with Gasteiger partial charge < -0.3 is 10.0 Å². The van der Waals surface area contributed by atoms with E-state index in [1.165, 1.54) is 11.1 Å². The Balaban J connectivity index is 1.86. The van der Waals surface area contributed by atoms with E-state index in [2.05, 4.69) is 40.2 Å². The predicted molar refractivity (Wildman–Crippen MR) is 80.8 cm³/mol. The molecule has 0 aliphatic carbocycles. The number of pyridine rings is 1. The summed E-state index contributed by atoms with van der Waals surface area (Å²) >= 11 is 0. The fraction of sp³-hybridized carbons (Fsp3) is 0.353. The first-order valence-electron chi connectivity index (χ1n) is 7.11. The molecule has 0 fully saturated rings. The molecule has 0 saturated heterocycles. The highest BCUT2D eigenvalue weighted by Crippen LogP contribution is 2.25. The highest BCUT2D eigenvalue weighted by molar-refractivity contribution is 5.47. The number of benzene rings is 1. The molecule has 20 heavy (non-hydrogen) atoms. The van der Waals surface area contributed by atoms with Crippen molar-refractivity contribution in [1.29, 1.82) is 0 Å². The average Bonchev–Trinajstić information content (AvgIpc) is 2.46. The first-order valence-corrected chi connectivity index (χ1v) is 7.11. The Morgan fingerprint density at radius 2 is 2.00 bits per heavy atom. The molecule has 1 aliphatic heterocycles. The first kappa shape index (κ1) is 13.1. The molecule has 0 unspecified atom stereocenters. The molecule has 1 aromatic carbocycles. The molecule has 3 heteroatoms. The maximum Gasteiger partial charge on any atom is 0.129 e. The smallest absolute Gasteiger partial charge is 0.129 e. The molecule has 1 aromatic heterocycles. The Labute approximate surface area is 119 Å². The van der Waals surface area contributed by atoms with Gasteiger partial charge in [0, 0.05) is 24.8 Å². The van der Waals surface area contributed by atoms with Crippen molar-refractivity contribution >= 4 is 5.82 Å². The topological polar surface area (TPSA) is 36.4 Å². The van der Waals surface area contributed by atoms with Gasteiger partial charge in [0.2, 0.25) is 0 Å². The molecule has 3 nitrogen and oxygen atoms in total. The van der Waals surface area contributed by atoms with Gasteiger partial charge in [0.25, 0.3) is 0 Å². The second-order valence-electron chi connectivity index (χ2n) is 5.52. The molecule has 3 rings (SSSR count). The molecule has 0 bridgehead atoms. The van der Waals surface area contributed by atoms with Gasteiger partial charge in [0.15, 0.2) is 0 Å². The Kier molecular flexibility index (Phi) is 3.45. The molecule has 0 amide bonds. The zero-order valence-corrected chi connectivity index (χ0v) is 12.0. The highest BCUT2D eigenvalue weighted by atomic mass is 16.3. The van der Waals surface area contributed by atoms with E-state index in [1.54, 1.807) is 13.1 Å². The van der Waals surface area contributed by atoms with Crippen molar-refractivity contribution in [2.24, 2.45) is 0 Å². The summed E-state index contributed by atoms with van der Waals surface area (Å²) in [5.41, 5.74) is 4.84. The summed E-state index contributed by atoms with van der Waals surface area (Å²) in [5, 5.41) is 9.68. The van der Waals surface area contributed by atoms with Crippen LogP contribution in [0.5, 0.6) is 0 Å². The second kappa shape index (κ2) is 5.25. The van der Waals surface area contributed by atoms with Crippen molar-refractivity contribution in [3.63, 3.8) is 0 Å². The minimum atomic E-state index is -0.460. The Morgan fingerprint density at radius 1 is 1.25 bits per heavy atom. The third-order valence-electron chi connectivity index (χ3n) is 4.04. The summed E-state index contributed by atoms with van der Waals surface area (Å²) in [7, 11) is 0. The van der Waals surface area contributed by atoms with Crippen LogP contribution < -0.4 is 4.90 Å². The normalized spacial score (nSPS) is 15.8. The van der Waals surface area contributed by atoms with Crippen LogP contribution in [0, 0.1) is 6.92 Å². The van der Waals surface area contributed by atoms with E-state index in [1.807, 2.05) is 6.92 Å². The van der Waals surface area contributed by atoms with Gasteiger partial charge >= 0.3 is 0 Å². The Morgan fingerprint density at radius 3 is 2.70 bits per heavy atom. The van der Waals surface area contributed by atoms with Crippen LogP contribution in [0.1, 0.15) is 35.3 Å². The van der Waals surface area contributed by atoms with Gasteiger partial charge in [0.05, 0.1) is 6.10 Å². The highest BCUT2D eigenvalue weighted by Gasteiger charge is 2.17. The maximum atomic E-state index is 9.68. The van der Waals surface area contributed by atoms with Gasteiger partial charge in [0.1, 0.15) is 5.82 Å². The number of aromatic nitrogens is 1. The van der Waals surface area contributed by atoms with Crippen molar-refractivity contribution in [1.82, 2.24) is 4.98 Å². The van der Waals surface area contributed by atoms with Crippen molar-refractivity contribution in [3.05, 3.63) is 58.8 Å². The van der Waals surface area contributed by atoms with E-state index in [0.29, 0.717) is 0 Å². The van der Waals surface area contributed by atoms with Crippen molar-refractivity contribution in [2.75, 3.05) is 11.4 Å². The summed E-state index contributed by atoms with van der Waals surface area (Å²) in [6, 6.07) is 10.7. The number of hydrogen-bond donors (Lipinski definition) is 1. The molecule has 2 heterocycles. The first-order chi connectivity index (χ1) is 9.65. The number of anilines is 1. The van der Waals surface area contributed by atoms with Crippen LogP contribution in [-0.4, -0.2) is 16.6 Å². The lowest BCUT2D eigenvalue weighted by molar-refractivity contribution is 0.198. The lowest BCUT2D eigenvalue weighted by Crippen LogP contribution is -2.31. The number of hydrogen-bond acceptors (Lipinski definition) is 3. The Hall–Kier alpha value is -1.87. The molecule has 104 valence electrons. The van der Waals surface area contributed by atoms with Gasteiger partial charge in [-0.1, -0.05) is 24.3 Å². The van der Waals surface area contributed by atoms with E-state index >= 15 is 0 Å². The summed E-state index contributed by atoms with van der Waals surface area (Å²) in [4.78, 5) is 6.83. The van der Waals surface area contributed by atoms with Crippen LogP contribution in [-0.2, 0) is 13.0 Å². The number of aliphatic hydroxyl groups is 1. The van der Waals surface area contributed by atoms with E-state index < -0.39 is 6.10 Å². The number of aryl methyl sites for hydroxylation is 1. The van der Waals surface area contributed by atoms with Crippen molar-refractivity contribution < 1.29 is 5.11 Å². The van der Waals surface area contributed by atoms with Crippen LogP contribution in [0.4, 0.5) is 5.82 Å². The van der Waals surface area contributed by atoms with E-state index in [4.69, 9.17) is 0 Å². The van der Waals surface area contributed by atoms with E-state index in [-0.39, 0.29) is 0 Å². The van der Waals surface area contributed by atoms with Crippen molar-refractivity contribution in [2.45, 2.75) is 32.9 Å². The van der Waals surface area contributed by atoms with Gasteiger partial charge in [-0.3, -0.25) is 0 Å². The standard InChI is InChI=1S/C17H20N2O/c1-12-9-17(18-10-16(12)13(2)20)19-8-7-14-5-3-4-6-15(14)11-19/h3-6,9-10,13,20H,7-8,11H2,1-2H3/t13-/m1/s1. The number of nitrogens with zero attached hydrogens (tertiary/aromatic N) is 2. The molecule has 1 aliphatic rings. The summed E-state index contributed by atoms with van der Waals surface area (Å²) in [6.45, 7) is 5.72. The zero-order chi connectivity index (χ0) is 14.1. The Bertz CT molecular complexity index is 622. The minimum Gasteiger partial charge on any atom is -0.389 e. The van der Waals surface area contributed by atoms with E-state index in [9.17, 15) is 5.11 Å². The monoisotopic (exact) mass is 268 g/mol. The number of fused-ring (bicyclic) bond motifs is 1.